The fourth-order valence-corrected chi connectivity index (χ4v) is 4.77. The smallest absolute Gasteiger partial charge is 0.187 e. The number of benzene rings is 2. The molecular weight excluding hydrogens is 411 g/mol. The lowest BCUT2D eigenvalue weighted by atomic mass is 9.92. The molecule has 0 fully saturated rings. The number of aromatic amines is 1. The Morgan fingerprint density at radius 2 is 2.00 bits per heavy atom. The number of nitrogens with zero attached hydrogens (tertiary/aromatic N) is 3. The molecule has 5 rings (SSSR count). The molecule has 5 nitrogen and oxygen atoms in total. The molecule has 0 bridgehead atoms. The average molecular weight is 435 g/mol. The van der Waals surface area contributed by atoms with Gasteiger partial charge in [0.15, 0.2) is 16.7 Å². The summed E-state index contributed by atoms with van der Waals surface area (Å²) in [5.41, 5.74) is 5.65. The number of rotatable bonds is 5. The molecule has 0 aliphatic carbocycles. The molecule has 1 N–H and O–H groups in total. The van der Waals surface area contributed by atoms with Gasteiger partial charge in [-0.1, -0.05) is 36.0 Å². The van der Waals surface area contributed by atoms with Gasteiger partial charge in [0.1, 0.15) is 0 Å². The van der Waals surface area contributed by atoms with E-state index in [1.807, 2.05) is 30.8 Å². The maximum absolute atomic E-state index is 14.2. The standard InChI is InChI=1S/C24H23FN4OS/c1-30-21-11-16(7-8-19(21)25)23-22-18(17-5-3-4-6-20(17)28-22)9-10-29(23)14-15-12-26-24(31-2)27-13-15/h3-8,11-13,23,28H,9-10,14H2,1-2H3/t23-/m0/s1. The van der Waals surface area contributed by atoms with Crippen LogP contribution in [-0.4, -0.2) is 39.8 Å². The lowest BCUT2D eigenvalue weighted by Gasteiger charge is -2.36. The van der Waals surface area contributed by atoms with E-state index < -0.39 is 0 Å². The molecule has 2 aromatic carbocycles. The normalized spacial score (nSPS) is 16.4. The van der Waals surface area contributed by atoms with E-state index in [2.05, 4.69) is 38.1 Å². The van der Waals surface area contributed by atoms with Crippen molar-refractivity contribution in [3.8, 4) is 5.75 Å². The van der Waals surface area contributed by atoms with Crippen molar-refractivity contribution in [2.45, 2.75) is 24.2 Å². The second-order valence-electron chi connectivity index (χ2n) is 7.66. The van der Waals surface area contributed by atoms with Crippen LogP contribution in [0.2, 0.25) is 0 Å². The van der Waals surface area contributed by atoms with E-state index in [9.17, 15) is 4.39 Å². The lowest BCUT2D eigenvalue weighted by Crippen LogP contribution is -2.35. The van der Waals surface area contributed by atoms with Crippen molar-refractivity contribution in [1.29, 1.82) is 0 Å². The molecule has 2 aromatic heterocycles. The van der Waals surface area contributed by atoms with Gasteiger partial charge in [0.25, 0.3) is 0 Å². The summed E-state index contributed by atoms with van der Waals surface area (Å²) in [6.45, 7) is 1.58. The quantitative estimate of drug-likeness (QED) is 0.355. The number of hydrogen-bond donors (Lipinski definition) is 1. The number of thioether (sulfide) groups is 1. The van der Waals surface area contributed by atoms with Crippen LogP contribution in [0.1, 0.15) is 28.4 Å². The lowest BCUT2D eigenvalue weighted by molar-refractivity contribution is 0.201. The number of aromatic nitrogens is 3. The Labute approximate surface area is 184 Å². The Morgan fingerprint density at radius 1 is 1.19 bits per heavy atom. The number of halogens is 1. The summed E-state index contributed by atoms with van der Waals surface area (Å²) in [6, 6.07) is 13.5. The van der Waals surface area contributed by atoms with Crippen LogP contribution in [0.3, 0.4) is 0 Å². The molecule has 31 heavy (non-hydrogen) atoms. The molecule has 0 amide bonds. The molecule has 0 unspecified atom stereocenters. The summed E-state index contributed by atoms with van der Waals surface area (Å²) in [6.07, 6.45) is 6.69. The van der Waals surface area contributed by atoms with E-state index in [0.717, 1.165) is 40.5 Å². The van der Waals surface area contributed by atoms with E-state index in [-0.39, 0.29) is 17.6 Å². The summed E-state index contributed by atoms with van der Waals surface area (Å²) >= 11 is 1.53. The van der Waals surface area contributed by atoms with Crippen molar-refractivity contribution in [3.63, 3.8) is 0 Å². The SMILES string of the molecule is COc1cc([C@H]2c3[nH]c4ccccc4c3CCN2Cc2cnc(SC)nc2)ccc1F. The van der Waals surface area contributed by atoms with Crippen molar-refractivity contribution in [2.75, 3.05) is 19.9 Å². The number of para-hydroxylation sites is 1. The highest BCUT2D eigenvalue weighted by Crippen LogP contribution is 2.40. The Bertz CT molecular complexity index is 1220. The van der Waals surface area contributed by atoms with E-state index in [0.29, 0.717) is 6.54 Å². The van der Waals surface area contributed by atoms with Crippen molar-refractivity contribution in [2.24, 2.45) is 0 Å². The first-order chi connectivity index (χ1) is 15.2. The van der Waals surface area contributed by atoms with Crippen LogP contribution in [0.5, 0.6) is 5.75 Å². The number of ether oxygens (including phenoxy) is 1. The van der Waals surface area contributed by atoms with E-state index >= 15 is 0 Å². The summed E-state index contributed by atoms with van der Waals surface area (Å²) in [7, 11) is 1.50. The summed E-state index contributed by atoms with van der Waals surface area (Å²) in [5, 5.41) is 2.02. The predicted molar refractivity (Wildman–Crippen MR) is 121 cm³/mol. The Morgan fingerprint density at radius 3 is 2.77 bits per heavy atom. The van der Waals surface area contributed by atoms with E-state index in [1.54, 1.807) is 6.07 Å². The molecule has 0 saturated carbocycles. The molecular formula is C24H23FN4OS. The van der Waals surface area contributed by atoms with Gasteiger partial charge in [0.2, 0.25) is 0 Å². The van der Waals surface area contributed by atoms with Crippen molar-refractivity contribution in [3.05, 3.63) is 83.1 Å². The third kappa shape index (κ3) is 3.68. The van der Waals surface area contributed by atoms with Gasteiger partial charge in [-0.25, -0.2) is 14.4 Å². The van der Waals surface area contributed by atoms with Crippen LogP contribution in [0.15, 0.2) is 60.0 Å². The van der Waals surface area contributed by atoms with Crippen LogP contribution in [0.4, 0.5) is 4.39 Å². The monoisotopic (exact) mass is 434 g/mol. The van der Waals surface area contributed by atoms with Gasteiger partial charge in [-0.05, 0) is 42.0 Å². The fourth-order valence-electron chi connectivity index (χ4n) is 4.45. The van der Waals surface area contributed by atoms with Crippen LogP contribution in [0.25, 0.3) is 10.9 Å². The van der Waals surface area contributed by atoms with Crippen molar-refractivity contribution >= 4 is 22.7 Å². The summed E-state index contributed by atoms with van der Waals surface area (Å²) in [5.74, 6) is -0.0973. The summed E-state index contributed by atoms with van der Waals surface area (Å²) in [4.78, 5) is 14.9. The van der Waals surface area contributed by atoms with Crippen LogP contribution in [0, 0.1) is 5.82 Å². The first-order valence-corrected chi connectivity index (χ1v) is 11.4. The molecule has 7 heteroatoms. The second-order valence-corrected chi connectivity index (χ2v) is 8.43. The third-order valence-electron chi connectivity index (χ3n) is 5.88. The highest BCUT2D eigenvalue weighted by Gasteiger charge is 2.32. The highest BCUT2D eigenvalue weighted by atomic mass is 32.2. The zero-order chi connectivity index (χ0) is 21.4. The second kappa shape index (κ2) is 8.32. The predicted octanol–water partition coefficient (Wildman–Crippen LogP) is 4.98. The fraction of sp³-hybridized carbons (Fsp3) is 0.250. The van der Waals surface area contributed by atoms with Gasteiger partial charge in [-0.2, -0.15) is 0 Å². The number of methoxy groups -OCH3 is 1. The molecule has 0 saturated heterocycles. The molecule has 4 aromatic rings. The topological polar surface area (TPSA) is 54.0 Å². The minimum Gasteiger partial charge on any atom is -0.494 e. The van der Waals surface area contributed by atoms with Crippen LogP contribution in [-0.2, 0) is 13.0 Å². The molecule has 1 aliphatic rings. The number of hydrogen-bond acceptors (Lipinski definition) is 5. The summed E-state index contributed by atoms with van der Waals surface area (Å²) < 4.78 is 19.4. The minimum atomic E-state index is -0.355. The van der Waals surface area contributed by atoms with E-state index in [4.69, 9.17) is 4.74 Å². The Kier molecular flexibility index (Phi) is 5.38. The van der Waals surface area contributed by atoms with Gasteiger partial charge < -0.3 is 9.72 Å². The Hall–Kier alpha value is -2.90. The van der Waals surface area contributed by atoms with E-state index in [1.165, 1.54) is 35.9 Å². The van der Waals surface area contributed by atoms with Crippen molar-refractivity contribution in [1.82, 2.24) is 19.9 Å². The molecule has 0 radical (unpaired) electrons. The molecule has 3 heterocycles. The van der Waals surface area contributed by atoms with Gasteiger partial charge in [0, 0.05) is 47.6 Å². The number of nitrogens with one attached hydrogen (secondary N) is 1. The van der Waals surface area contributed by atoms with Gasteiger partial charge in [-0.3, -0.25) is 4.90 Å². The molecule has 0 spiro atoms. The van der Waals surface area contributed by atoms with Crippen LogP contribution >= 0.6 is 11.8 Å². The third-order valence-corrected chi connectivity index (χ3v) is 6.45. The number of H-pyrrole nitrogens is 1. The number of fused-ring (bicyclic) bond motifs is 3. The van der Waals surface area contributed by atoms with Gasteiger partial charge >= 0.3 is 0 Å². The average Bonchev–Trinajstić information content (AvgIpc) is 3.18. The van der Waals surface area contributed by atoms with Crippen LogP contribution < -0.4 is 4.74 Å². The van der Waals surface area contributed by atoms with Crippen molar-refractivity contribution < 1.29 is 9.13 Å². The molecule has 1 aliphatic heterocycles. The van der Waals surface area contributed by atoms with Gasteiger partial charge in [-0.15, -0.1) is 0 Å². The maximum atomic E-state index is 14.2. The zero-order valence-electron chi connectivity index (χ0n) is 17.4. The zero-order valence-corrected chi connectivity index (χ0v) is 18.2. The van der Waals surface area contributed by atoms with Gasteiger partial charge in [0.05, 0.1) is 13.2 Å². The molecule has 1 atom stereocenters. The molecule has 158 valence electrons. The Balaban J connectivity index is 1.60. The minimum absolute atomic E-state index is 0.0501. The first kappa shape index (κ1) is 20.0. The highest BCUT2D eigenvalue weighted by molar-refractivity contribution is 7.98. The largest absolute Gasteiger partial charge is 0.494 e. The first-order valence-electron chi connectivity index (χ1n) is 10.2. The maximum Gasteiger partial charge on any atom is 0.187 e.